The molecule has 0 saturated carbocycles. The summed E-state index contributed by atoms with van der Waals surface area (Å²) in [5, 5.41) is 12.5. The summed E-state index contributed by atoms with van der Waals surface area (Å²) in [6, 6.07) is 9.84. The standard InChI is InChI=1S/C40H53N3O14S3/c1-5-42(22-11-27-59(50,51)52)34-18-16-31-29(19-24-57-38(31)37(34)39(46)41-21-25-55-3)12-9-13-35-40(2,20-10-26-58(47,48)49)32-28-30(60(53,54)56-4)15-17-33(32)43(35)23-8-6-7-14-36(44)45/h9,12-13,15-19,24,28H,5-8,10-11,14,20-23,25-27H2,1-4H3,(H3-,41,44,45,46,47,48,49,50,51,52)/p+1. The topological polar surface area (TPSA) is 247 Å². The highest BCUT2D eigenvalue weighted by Gasteiger charge is 2.44. The molecule has 2 aliphatic heterocycles. The van der Waals surface area contributed by atoms with Crippen molar-refractivity contribution in [2.75, 3.05) is 63.4 Å². The fourth-order valence-electron chi connectivity index (χ4n) is 7.42. The molecule has 0 saturated heterocycles. The highest BCUT2D eigenvalue weighted by atomic mass is 32.2. The number of anilines is 1. The number of aliphatic carboxylic acids is 1. The Labute approximate surface area is 351 Å². The van der Waals surface area contributed by atoms with Gasteiger partial charge in [0.25, 0.3) is 36.3 Å². The zero-order valence-electron chi connectivity index (χ0n) is 34.1. The van der Waals surface area contributed by atoms with Crippen LogP contribution in [-0.2, 0) is 49.5 Å². The lowest BCUT2D eigenvalue weighted by Gasteiger charge is -2.30. The fourth-order valence-corrected chi connectivity index (χ4v) is 9.11. The maximum absolute atomic E-state index is 13.8. The summed E-state index contributed by atoms with van der Waals surface area (Å²) in [5.41, 5.74) is 2.42. The van der Waals surface area contributed by atoms with E-state index in [1.807, 2.05) is 29.4 Å². The van der Waals surface area contributed by atoms with Crippen LogP contribution >= 0.6 is 0 Å². The number of benzene rings is 2. The Balaban J connectivity index is 1.87. The first-order valence-electron chi connectivity index (χ1n) is 19.4. The van der Waals surface area contributed by atoms with Crippen molar-refractivity contribution >= 4 is 54.0 Å². The van der Waals surface area contributed by atoms with Crippen LogP contribution in [0.25, 0.3) is 17.4 Å². The Morgan fingerprint density at radius 1 is 0.950 bits per heavy atom. The third-order valence-corrected chi connectivity index (χ3v) is 13.2. The summed E-state index contributed by atoms with van der Waals surface area (Å²) in [6.07, 6.45) is 8.83. The number of carboxylic acids is 1. The van der Waals surface area contributed by atoms with Crippen LogP contribution in [0.15, 0.2) is 69.8 Å². The van der Waals surface area contributed by atoms with E-state index in [1.54, 1.807) is 36.4 Å². The monoisotopic (exact) mass is 896 g/mol. The molecule has 20 heteroatoms. The van der Waals surface area contributed by atoms with Crippen LogP contribution < -0.4 is 20.1 Å². The van der Waals surface area contributed by atoms with Crippen molar-refractivity contribution in [1.29, 1.82) is 0 Å². The second-order valence-electron chi connectivity index (χ2n) is 14.5. The first-order valence-corrected chi connectivity index (χ1v) is 24.0. The molecule has 1 amide bonds. The van der Waals surface area contributed by atoms with E-state index in [4.69, 9.17) is 18.4 Å². The summed E-state index contributed by atoms with van der Waals surface area (Å²) in [4.78, 5) is 26.9. The molecule has 1 atom stereocenters. The van der Waals surface area contributed by atoms with Gasteiger partial charge in [-0.15, -0.1) is 0 Å². The van der Waals surface area contributed by atoms with Crippen LogP contribution in [0.1, 0.15) is 80.3 Å². The van der Waals surface area contributed by atoms with Crippen LogP contribution in [0.2, 0.25) is 0 Å². The van der Waals surface area contributed by atoms with Crippen molar-refractivity contribution in [3.05, 3.63) is 82.6 Å². The van der Waals surface area contributed by atoms with Crippen molar-refractivity contribution in [1.82, 2.24) is 9.89 Å². The third-order valence-electron chi connectivity index (χ3n) is 10.4. The molecule has 4 rings (SSSR count). The second-order valence-corrected chi connectivity index (χ2v) is 19.3. The van der Waals surface area contributed by atoms with E-state index in [0.717, 1.165) is 7.11 Å². The van der Waals surface area contributed by atoms with Crippen LogP contribution in [-0.4, -0.2) is 110 Å². The minimum absolute atomic E-state index is 0.00741. The van der Waals surface area contributed by atoms with Crippen LogP contribution in [0, 0.1) is 0 Å². The number of unbranched alkanes of at least 4 members (excludes halogenated alkanes) is 2. The van der Waals surface area contributed by atoms with E-state index in [9.17, 15) is 43.9 Å². The van der Waals surface area contributed by atoms with E-state index >= 15 is 0 Å². The molecule has 0 bridgehead atoms. The molecule has 0 fully saturated rings. The Morgan fingerprint density at radius 3 is 2.32 bits per heavy atom. The van der Waals surface area contributed by atoms with E-state index in [-0.39, 0.29) is 61.6 Å². The van der Waals surface area contributed by atoms with Crippen molar-refractivity contribution < 1.29 is 62.4 Å². The normalized spacial score (nSPS) is 17.1. The van der Waals surface area contributed by atoms with Gasteiger partial charge in [-0.05, 0) is 87.1 Å². The molecule has 2 heterocycles. The number of nitrogens with one attached hydrogen (secondary N) is 1. The van der Waals surface area contributed by atoms with E-state index in [2.05, 4.69) is 5.32 Å². The molecule has 1 aromatic carbocycles. The molecule has 60 heavy (non-hydrogen) atoms. The molecule has 0 spiro atoms. The van der Waals surface area contributed by atoms with Gasteiger partial charge in [-0.25, -0.2) is 4.58 Å². The average Bonchev–Trinajstić information content (AvgIpc) is 3.40. The lowest BCUT2D eigenvalue weighted by atomic mass is 9.77. The van der Waals surface area contributed by atoms with Crippen LogP contribution in [0.5, 0.6) is 0 Å². The van der Waals surface area contributed by atoms with E-state index in [0.29, 0.717) is 65.8 Å². The molecule has 1 aromatic rings. The van der Waals surface area contributed by atoms with Gasteiger partial charge in [0, 0.05) is 61.5 Å². The minimum Gasteiger partial charge on any atom is -0.481 e. The first kappa shape index (κ1) is 48.2. The number of fused-ring (bicyclic) bond motifs is 2. The number of ether oxygens (including phenoxy) is 1. The highest BCUT2D eigenvalue weighted by molar-refractivity contribution is 7.86. The molecule has 4 N–H and O–H groups in total. The van der Waals surface area contributed by atoms with Crippen LogP contribution in [0.4, 0.5) is 5.69 Å². The maximum atomic E-state index is 13.8. The molecule has 1 unspecified atom stereocenters. The molecular weight excluding hydrogens is 843 g/mol. The van der Waals surface area contributed by atoms with Crippen LogP contribution in [0.3, 0.4) is 0 Å². The van der Waals surface area contributed by atoms with Gasteiger partial charge in [-0.3, -0.25) is 22.9 Å². The molecule has 330 valence electrons. The van der Waals surface area contributed by atoms with Crippen molar-refractivity contribution in [3.63, 3.8) is 0 Å². The average molecular weight is 897 g/mol. The third kappa shape index (κ3) is 12.6. The number of carboxylic acid groups (broad SMARTS) is 1. The smallest absolute Gasteiger partial charge is 0.303 e. The summed E-state index contributed by atoms with van der Waals surface area (Å²) < 4.78 is 109. The quantitative estimate of drug-likeness (QED) is 0.0452. The van der Waals surface area contributed by atoms with Gasteiger partial charge in [0.05, 0.1) is 36.4 Å². The number of rotatable bonds is 23. The molecule has 17 nitrogen and oxygen atoms in total. The summed E-state index contributed by atoms with van der Waals surface area (Å²) in [6.45, 7) is 5.21. The Morgan fingerprint density at radius 2 is 1.67 bits per heavy atom. The van der Waals surface area contributed by atoms with Gasteiger partial charge in [0.1, 0.15) is 13.1 Å². The predicted octanol–water partition coefficient (Wildman–Crippen LogP) is 4.15. The van der Waals surface area contributed by atoms with E-state index < -0.39 is 59.2 Å². The van der Waals surface area contributed by atoms with Gasteiger partial charge < -0.3 is 24.5 Å². The van der Waals surface area contributed by atoms with Gasteiger partial charge in [0.15, 0.2) is 11.3 Å². The Kier molecular flexibility index (Phi) is 16.8. The van der Waals surface area contributed by atoms with Gasteiger partial charge in [0.2, 0.25) is 5.36 Å². The zero-order valence-corrected chi connectivity index (χ0v) is 36.6. The SMILES string of the molecule is CC[N+](CCCS(=O)(=O)O)=c1ccc2c(/C=C/C=C3/N(CCCCCC(=O)O)c4ccc(S(=O)(=O)OC)cc4C3(C)CCCS(=O)(=O)O)ccoc-2c1C(=O)NCCOC. The predicted molar refractivity (Wildman–Crippen MR) is 225 cm³/mol. The number of carbonyl (C=O) groups is 2. The van der Waals surface area contributed by atoms with E-state index in [1.165, 1.54) is 25.5 Å². The second kappa shape index (κ2) is 20.9. The maximum Gasteiger partial charge on any atom is 0.303 e. The van der Waals surface area contributed by atoms with Crippen molar-refractivity contribution in [3.8, 4) is 11.3 Å². The summed E-state index contributed by atoms with van der Waals surface area (Å²) >= 11 is 0. The number of carbonyl (C=O) groups excluding carboxylic acids is 1. The largest absolute Gasteiger partial charge is 0.481 e. The van der Waals surface area contributed by atoms with Gasteiger partial charge in [-0.1, -0.05) is 18.6 Å². The molecular formula is C40H54N3O14S3+. The van der Waals surface area contributed by atoms with Gasteiger partial charge >= 0.3 is 5.97 Å². The Bertz CT molecular complexity index is 2460. The van der Waals surface area contributed by atoms with Gasteiger partial charge in [-0.2, -0.15) is 25.3 Å². The number of methoxy groups -OCH3 is 1. The molecule has 0 radical (unpaired) electrons. The molecule has 0 aromatic heterocycles. The zero-order chi connectivity index (χ0) is 44.3. The number of allylic oxidation sites excluding steroid dienone is 3. The lowest BCUT2D eigenvalue weighted by Crippen LogP contribution is -2.39. The number of amides is 1. The molecule has 1 aliphatic carbocycles. The van der Waals surface area contributed by atoms with Crippen molar-refractivity contribution in [2.24, 2.45) is 0 Å². The summed E-state index contributed by atoms with van der Waals surface area (Å²) in [7, 11) is -10.1. The fraction of sp³-hybridized carbons (Fsp3) is 0.475. The Hall–Kier alpha value is -4.44. The molecule has 3 aliphatic rings. The minimum atomic E-state index is -4.32. The van der Waals surface area contributed by atoms with Crippen molar-refractivity contribution in [2.45, 2.75) is 69.1 Å². The first-order chi connectivity index (χ1) is 28.3. The number of hydrogen-bond donors (Lipinski definition) is 4. The summed E-state index contributed by atoms with van der Waals surface area (Å²) in [5.74, 6) is -2.08. The number of nitrogens with zero attached hydrogens (tertiary/aromatic N) is 2. The highest BCUT2D eigenvalue weighted by Crippen LogP contribution is 2.51. The lowest BCUT2D eigenvalue weighted by molar-refractivity contribution is -0.137. The number of hydrogen-bond acceptors (Lipinski definition) is 12.